The first kappa shape index (κ1) is 22.1. The van der Waals surface area contributed by atoms with Crippen LogP contribution in [0.15, 0.2) is 40.9 Å². The molecule has 0 aromatic carbocycles. The monoisotopic (exact) mass is 425 g/mol. The molecule has 1 unspecified atom stereocenters. The molecule has 0 aliphatic carbocycles. The maximum absolute atomic E-state index is 12.6. The highest BCUT2D eigenvalue weighted by molar-refractivity contribution is 5.97. The van der Waals surface area contributed by atoms with E-state index in [4.69, 9.17) is 14.9 Å². The number of H-pyrrole nitrogens is 1. The van der Waals surface area contributed by atoms with Crippen molar-refractivity contribution in [2.75, 3.05) is 0 Å². The molecule has 3 aromatic heterocycles. The van der Waals surface area contributed by atoms with E-state index in [1.54, 1.807) is 45.2 Å². The van der Waals surface area contributed by atoms with Gasteiger partial charge in [0.1, 0.15) is 28.8 Å². The molecule has 0 radical (unpaired) electrons. The summed E-state index contributed by atoms with van der Waals surface area (Å²) in [5.74, 6) is -0.268. The molecule has 0 saturated carbocycles. The van der Waals surface area contributed by atoms with Gasteiger partial charge in [0.15, 0.2) is 11.5 Å². The van der Waals surface area contributed by atoms with Gasteiger partial charge in [0.25, 0.3) is 5.91 Å². The predicted octanol–water partition coefficient (Wildman–Crippen LogP) is 3.14. The molecule has 2 atom stereocenters. The van der Waals surface area contributed by atoms with Crippen molar-refractivity contribution >= 4 is 11.8 Å². The first-order chi connectivity index (χ1) is 14.6. The van der Waals surface area contributed by atoms with Gasteiger partial charge >= 0.3 is 0 Å². The van der Waals surface area contributed by atoms with Crippen molar-refractivity contribution in [3.05, 3.63) is 53.7 Å². The van der Waals surface area contributed by atoms with Crippen LogP contribution in [0.3, 0.4) is 0 Å². The Bertz CT molecular complexity index is 1070. The molecular formula is C22H27N5O4. The summed E-state index contributed by atoms with van der Waals surface area (Å²) >= 11 is 0. The van der Waals surface area contributed by atoms with Gasteiger partial charge in [-0.05, 0) is 57.0 Å². The number of nitrogens with one attached hydrogen (secondary N) is 2. The number of nitrogens with two attached hydrogens (primary N) is 1. The van der Waals surface area contributed by atoms with Crippen molar-refractivity contribution in [1.29, 1.82) is 0 Å². The molecular weight excluding hydrogens is 398 g/mol. The van der Waals surface area contributed by atoms with Gasteiger partial charge in [-0.2, -0.15) is 5.10 Å². The Balaban J connectivity index is 1.69. The molecule has 164 valence electrons. The molecule has 2 amide bonds. The van der Waals surface area contributed by atoms with E-state index < -0.39 is 17.4 Å². The highest BCUT2D eigenvalue weighted by atomic mass is 16.5. The van der Waals surface area contributed by atoms with Gasteiger partial charge in [-0.25, -0.2) is 4.98 Å². The number of nitrogens with zero attached hydrogens (tertiary/aromatic N) is 2. The Morgan fingerprint density at radius 1 is 1.23 bits per heavy atom. The van der Waals surface area contributed by atoms with Gasteiger partial charge in [0.2, 0.25) is 5.91 Å². The fourth-order valence-electron chi connectivity index (χ4n) is 2.89. The Morgan fingerprint density at radius 3 is 2.52 bits per heavy atom. The standard InChI is InChI=1S/C22H27N5O4/c1-12(2)22(5,21(23)29)25-20(28)19-9-8-18(31-19)16-7-6-15(11-24-16)30-14(4)17-10-13(3)26-27-17/h6-12,14H,1-5H3,(H2,23,29)(H,25,28)(H,26,27)/t14?,22-/m0/s1. The van der Waals surface area contributed by atoms with Crippen molar-refractivity contribution in [3.63, 3.8) is 0 Å². The second kappa shape index (κ2) is 8.63. The highest BCUT2D eigenvalue weighted by Gasteiger charge is 2.37. The number of carbonyl (C=O) groups excluding carboxylic acids is 2. The summed E-state index contributed by atoms with van der Waals surface area (Å²) in [6.07, 6.45) is 1.34. The number of ether oxygens (including phenoxy) is 1. The quantitative estimate of drug-likeness (QED) is 0.507. The molecule has 0 aliphatic rings. The number of primary amides is 1. The van der Waals surface area contributed by atoms with Crippen LogP contribution >= 0.6 is 0 Å². The molecule has 9 nitrogen and oxygen atoms in total. The van der Waals surface area contributed by atoms with E-state index in [-0.39, 0.29) is 17.8 Å². The van der Waals surface area contributed by atoms with Gasteiger partial charge in [0, 0.05) is 5.69 Å². The normalized spacial score (nSPS) is 14.1. The van der Waals surface area contributed by atoms with Crippen LogP contribution in [0.2, 0.25) is 0 Å². The first-order valence-electron chi connectivity index (χ1n) is 9.97. The van der Waals surface area contributed by atoms with E-state index in [1.807, 2.05) is 19.9 Å². The van der Waals surface area contributed by atoms with Gasteiger partial charge in [-0.1, -0.05) is 13.8 Å². The summed E-state index contributed by atoms with van der Waals surface area (Å²) in [7, 11) is 0. The van der Waals surface area contributed by atoms with Crippen molar-refractivity contribution in [2.24, 2.45) is 11.7 Å². The van der Waals surface area contributed by atoms with E-state index >= 15 is 0 Å². The van der Waals surface area contributed by atoms with E-state index in [1.165, 1.54) is 6.07 Å². The lowest BCUT2D eigenvalue weighted by atomic mass is 9.87. The minimum absolute atomic E-state index is 0.0628. The molecule has 0 fully saturated rings. The zero-order chi connectivity index (χ0) is 22.8. The van der Waals surface area contributed by atoms with E-state index in [9.17, 15) is 9.59 Å². The van der Waals surface area contributed by atoms with E-state index in [0.29, 0.717) is 17.2 Å². The SMILES string of the molecule is Cc1cc(C(C)Oc2ccc(-c3ccc(C(=O)N[C@](C)(C(N)=O)C(C)C)o3)nc2)n[nH]1. The maximum Gasteiger partial charge on any atom is 0.287 e. The van der Waals surface area contributed by atoms with Crippen molar-refractivity contribution in [3.8, 4) is 17.2 Å². The number of pyridine rings is 1. The molecule has 3 rings (SSSR count). The van der Waals surface area contributed by atoms with E-state index in [2.05, 4.69) is 20.5 Å². The Labute approximate surface area is 180 Å². The number of hydrogen-bond acceptors (Lipinski definition) is 6. The number of amides is 2. The number of rotatable bonds is 8. The van der Waals surface area contributed by atoms with Gasteiger partial charge in [-0.3, -0.25) is 14.7 Å². The number of aromatic amines is 1. The van der Waals surface area contributed by atoms with Crippen LogP contribution in [0.5, 0.6) is 5.75 Å². The summed E-state index contributed by atoms with van der Waals surface area (Å²) in [4.78, 5) is 28.7. The van der Waals surface area contributed by atoms with E-state index in [0.717, 1.165) is 11.4 Å². The minimum atomic E-state index is -1.19. The average Bonchev–Trinajstić information content (AvgIpc) is 3.37. The van der Waals surface area contributed by atoms with Crippen LogP contribution in [0.1, 0.15) is 55.7 Å². The molecule has 0 spiro atoms. The lowest BCUT2D eigenvalue weighted by Crippen LogP contribution is -2.58. The molecule has 3 aromatic rings. The minimum Gasteiger partial charge on any atom is -0.483 e. The second-order valence-corrected chi connectivity index (χ2v) is 7.95. The Hall–Kier alpha value is -3.62. The van der Waals surface area contributed by atoms with Crippen molar-refractivity contribution in [2.45, 2.75) is 46.3 Å². The lowest BCUT2D eigenvalue weighted by Gasteiger charge is -2.30. The second-order valence-electron chi connectivity index (χ2n) is 7.95. The van der Waals surface area contributed by atoms with Crippen LogP contribution in [0.25, 0.3) is 11.5 Å². The van der Waals surface area contributed by atoms with Crippen LogP contribution < -0.4 is 15.8 Å². The third-order valence-electron chi connectivity index (χ3n) is 5.31. The highest BCUT2D eigenvalue weighted by Crippen LogP contribution is 2.25. The summed E-state index contributed by atoms with van der Waals surface area (Å²) in [5, 5.41) is 9.74. The Kier molecular flexibility index (Phi) is 6.14. The van der Waals surface area contributed by atoms with Gasteiger partial charge in [-0.15, -0.1) is 0 Å². The number of carbonyl (C=O) groups is 2. The summed E-state index contributed by atoms with van der Waals surface area (Å²) in [6, 6.07) is 8.60. The molecule has 3 heterocycles. The summed E-state index contributed by atoms with van der Waals surface area (Å²) in [5.41, 5.74) is 6.58. The molecule has 0 saturated heterocycles. The van der Waals surface area contributed by atoms with Crippen LogP contribution in [0.4, 0.5) is 0 Å². The molecule has 0 bridgehead atoms. The van der Waals surface area contributed by atoms with Crippen LogP contribution in [-0.4, -0.2) is 32.5 Å². The zero-order valence-electron chi connectivity index (χ0n) is 18.2. The maximum atomic E-state index is 12.6. The fraction of sp³-hybridized carbons (Fsp3) is 0.364. The van der Waals surface area contributed by atoms with Crippen LogP contribution in [-0.2, 0) is 4.79 Å². The number of aryl methyl sites for hydroxylation is 1. The molecule has 4 N–H and O–H groups in total. The number of aromatic nitrogens is 3. The molecule has 9 heteroatoms. The van der Waals surface area contributed by atoms with Crippen LogP contribution in [0, 0.1) is 12.8 Å². The van der Waals surface area contributed by atoms with Crippen molar-refractivity contribution in [1.82, 2.24) is 20.5 Å². The van der Waals surface area contributed by atoms with Crippen molar-refractivity contribution < 1.29 is 18.7 Å². The fourth-order valence-corrected chi connectivity index (χ4v) is 2.89. The number of hydrogen-bond donors (Lipinski definition) is 3. The molecule has 0 aliphatic heterocycles. The molecule has 31 heavy (non-hydrogen) atoms. The third-order valence-corrected chi connectivity index (χ3v) is 5.31. The van der Waals surface area contributed by atoms with Gasteiger partial charge < -0.3 is 20.2 Å². The Morgan fingerprint density at radius 2 is 1.97 bits per heavy atom. The number of furan rings is 1. The van der Waals surface area contributed by atoms with Gasteiger partial charge in [0.05, 0.1) is 6.20 Å². The lowest BCUT2D eigenvalue weighted by molar-refractivity contribution is -0.125. The summed E-state index contributed by atoms with van der Waals surface area (Å²) in [6.45, 7) is 9.03. The largest absolute Gasteiger partial charge is 0.483 e. The topological polar surface area (TPSA) is 136 Å². The summed E-state index contributed by atoms with van der Waals surface area (Å²) < 4.78 is 11.5. The average molecular weight is 425 g/mol. The first-order valence-corrected chi connectivity index (χ1v) is 9.97. The smallest absolute Gasteiger partial charge is 0.287 e. The predicted molar refractivity (Wildman–Crippen MR) is 114 cm³/mol. The third kappa shape index (κ3) is 4.76. The zero-order valence-corrected chi connectivity index (χ0v) is 18.2.